The van der Waals surface area contributed by atoms with Crippen molar-refractivity contribution in [1.82, 2.24) is 10.1 Å². The molecule has 1 saturated carbocycles. The van der Waals surface area contributed by atoms with Gasteiger partial charge in [-0.1, -0.05) is 11.2 Å². The van der Waals surface area contributed by atoms with Crippen LogP contribution in [0.2, 0.25) is 0 Å². The van der Waals surface area contributed by atoms with E-state index in [-0.39, 0.29) is 5.54 Å². The molecule has 2 N–H and O–H groups in total. The van der Waals surface area contributed by atoms with Gasteiger partial charge >= 0.3 is 0 Å². The standard InChI is InChI=1S/C17H23N3O2/c1-11-9-12(2)13(3)14(10-11)21-8-5-15-19-16(20-22-15)17(18)6-4-7-17/h9-10H,4-8,18H2,1-3H3. The molecule has 1 heterocycles. The highest BCUT2D eigenvalue weighted by Crippen LogP contribution is 2.36. The minimum absolute atomic E-state index is 0.368. The number of aromatic nitrogens is 2. The molecule has 0 aliphatic heterocycles. The molecule has 5 nitrogen and oxygen atoms in total. The molecule has 5 heteroatoms. The van der Waals surface area contributed by atoms with Gasteiger partial charge in [0.15, 0.2) is 5.82 Å². The van der Waals surface area contributed by atoms with Crippen LogP contribution in [0.3, 0.4) is 0 Å². The first-order chi connectivity index (χ1) is 10.5. The van der Waals surface area contributed by atoms with Gasteiger partial charge in [0.2, 0.25) is 5.89 Å². The minimum Gasteiger partial charge on any atom is -0.493 e. The zero-order valence-corrected chi connectivity index (χ0v) is 13.5. The average Bonchev–Trinajstić information content (AvgIpc) is 2.90. The molecule has 0 radical (unpaired) electrons. The number of benzene rings is 1. The summed E-state index contributed by atoms with van der Waals surface area (Å²) in [5.41, 5.74) is 9.44. The van der Waals surface area contributed by atoms with Crippen molar-refractivity contribution in [3.63, 3.8) is 0 Å². The van der Waals surface area contributed by atoms with E-state index in [2.05, 4.69) is 43.0 Å². The van der Waals surface area contributed by atoms with Gasteiger partial charge in [-0.05, 0) is 62.8 Å². The van der Waals surface area contributed by atoms with Crippen LogP contribution >= 0.6 is 0 Å². The van der Waals surface area contributed by atoms with Crippen molar-refractivity contribution in [2.75, 3.05) is 6.61 Å². The predicted molar refractivity (Wildman–Crippen MR) is 83.9 cm³/mol. The molecule has 1 aromatic heterocycles. The van der Waals surface area contributed by atoms with Gasteiger partial charge in [-0.3, -0.25) is 0 Å². The van der Waals surface area contributed by atoms with E-state index in [0.29, 0.717) is 24.7 Å². The highest BCUT2D eigenvalue weighted by Gasteiger charge is 2.38. The first kappa shape index (κ1) is 15.0. The fraction of sp³-hybridized carbons (Fsp3) is 0.529. The number of nitrogens with two attached hydrogens (primary N) is 1. The zero-order chi connectivity index (χ0) is 15.7. The van der Waals surface area contributed by atoms with Gasteiger partial charge in [0.1, 0.15) is 5.75 Å². The summed E-state index contributed by atoms with van der Waals surface area (Å²) in [4.78, 5) is 4.41. The second-order valence-electron chi connectivity index (χ2n) is 6.32. The van der Waals surface area contributed by atoms with Gasteiger partial charge in [0.25, 0.3) is 0 Å². The number of nitrogens with zero attached hydrogens (tertiary/aromatic N) is 2. The van der Waals surface area contributed by atoms with Crippen LogP contribution < -0.4 is 10.5 Å². The Kier molecular flexibility index (Phi) is 3.91. The van der Waals surface area contributed by atoms with E-state index in [0.717, 1.165) is 25.0 Å². The molecule has 1 fully saturated rings. The quantitative estimate of drug-likeness (QED) is 0.919. The number of hydrogen-bond donors (Lipinski definition) is 1. The maximum atomic E-state index is 6.19. The Morgan fingerprint density at radius 3 is 2.73 bits per heavy atom. The Hall–Kier alpha value is -1.88. The molecule has 1 aliphatic rings. The summed E-state index contributed by atoms with van der Waals surface area (Å²) in [7, 11) is 0. The number of rotatable bonds is 5. The highest BCUT2D eigenvalue weighted by molar-refractivity contribution is 5.41. The van der Waals surface area contributed by atoms with E-state index >= 15 is 0 Å². The molecule has 1 aliphatic carbocycles. The molecular formula is C17H23N3O2. The first-order valence-electron chi connectivity index (χ1n) is 7.80. The van der Waals surface area contributed by atoms with Crippen molar-refractivity contribution < 1.29 is 9.26 Å². The number of aryl methyl sites for hydroxylation is 2. The van der Waals surface area contributed by atoms with Gasteiger partial charge in [0, 0.05) is 0 Å². The van der Waals surface area contributed by atoms with E-state index in [1.165, 1.54) is 16.7 Å². The van der Waals surface area contributed by atoms with Crippen LogP contribution in [-0.2, 0) is 12.0 Å². The van der Waals surface area contributed by atoms with Crippen LogP contribution in [0, 0.1) is 20.8 Å². The number of ether oxygens (including phenoxy) is 1. The van der Waals surface area contributed by atoms with Crippen molar-refractivity contribution in [2.45, 2.75) is 52.0 Å². The zero-order valence-electron chi connectivity index (χ0n) is 13.5. The van der Waals surface area contributed by atoms with E-state index in [4.69, 9.17) is 15.0 Å². The monoisotopic (exact) mass is 301 g/mol. The maximum absolute atomic E-state index is 6.19. The second kappa shape index (κ2) is 5.72. The summed E-state index contributed by atoms with van der Waals surface area (Å²) >= 11 is 0. The van der Waals surface area contributed by atoms with Crippen molar-refractivity contribution in [2.24, 2.45) is 5.73 Å². The first-order valence-corrected chi connectivity index (χ1v) is 7.80. The molecule has 0 saturated heterocycles. The SMILES string of the molecule is Cc1cc(C)c(C)c(OCCc2nc(C3(N)CCC3)no2)c1. The molecule has 0 spiro atoms. The lowest BCUT2D eigenvalue weighted by atomic mass is 9.77. The summed E-state index contributed by atoms with van der Waals surface area (Å²) in [5, 5.41) is 4.01. The Morgan fingerprint density at radius 1 is 1.27 bits per heavy atom. The smallest absolute Gasteiger partial charge is 0.230 e. The van der Waals surface area contributed by atoms with Crippen LogP contribution in [0.5, 0.6) is 5.75 Å². The summed E-state index contributed by atoms with van der Waals surface area (Å²) in [6, 6.07) is 4.22. The summed E-state index contributed by atoms with van der Waals surface area (Å²) in [6.07, 6.45) is 3.60. The third-order valence-corrected chi connectivity index (χ3v) is 4.50. The Labute approximate surface area is 130 Å². The van der Waals surface area contributed by atoms with Crippen LogP contribution in [-0.4, -0.2) is 16.7 Å². The highest BCUT2D eigenvalue weighted by atomic mass is 16.5. The molecule has 2 aromatic rings. The fourth-order valence-electron chi connectivity index (χ4n) is 2.74. The molecular weight excluding hydrogens is 278 g/mol. The molecule has 22 heavy (non-hydrogen) atoms. The lowest BCUT2D eigenvalue weighted by molar-refractivity contribution is 0.228. The van der Waals surface area contributed by atoms with E-state index in [9.17, 15) is 0 Å². The van der Waals surface area contributed by atoms with Crippen LogP contribution in [0.25, 0.3) is 0 Å². The van der Waals surface area contributed by atoms with Gasteiger partial charge < -0.3 is 15.0 Å². The molecule has 3 rings (SSSR count). The van der Waals surface area contributed by atoms with Gasteiger partial charge in [-0.2, -0.15) is 4.98 Å². The average molecular weight is 301 g/mol. The predicted octanol–water partition coefficient (Wildman–Crippen LogP) is 2.95. The van der Waals surface area contributed by atoms with E-state index in [1.807, 2.05) is 0 Å². The third-order valence-electron chi connectivity index (χ3n) is 4.50. The normalized spacial score (nSPS) is 16.4. The Morgan fingerprint density at radius 2 is 2.05 bits per heavy atom. The number of hydrogen-bond acceptors (Lipinski definition) is 5. The van der Waals surface area contributed by atoms with Crippen LogP contribution in [0.4, 0.5) is 0 Å². The largest absolute Gasteiger partial charge is 0.493 e. The maximum Gasteiger partial charge on any atom is 0.230 e. The third kappa shape index (κ3) is 2.86. The summed E-state index contributed by atoms with van der Waals surface area (Å²) in [5.74, 6) is 2.15. The lowest BCUT2D eigenvalue weighted by Gasteiger charge is -2.34. The van der Waals surface area contributed by atoms with Crippen molar-refractivity contribution >= 4 is 0 Å². The topological polar surface area (TPSA) is 74.2 Å². The lowest BCUT2D eigenvalue weighted by Crippen LogP contribution is -2.44. The molecule has 1 aromatic carbocycles. The van der Waals surface area contributed by atoms with Gasteiger partial charge in [-0.15, -0.1) is 0 Å². The summed E-state index contributed by atoms with van der Waals surface area (Å²) in [6.45, 7) is 6.76. The van der Waals surface area contributed by atoms with Gasteiger partial charge in [0.05, 0.1) is 18.6 Å². The van der Waals surface area contributed by atoms with Crippen molar-refractivity contribution in [1.29, 1.82) is 0 Å². The van der Waals surface area contributed by atoms with E-state index in [1.54, 1.807) is 0 Å². The van der Waals surface area contributed by atoms with Crippen molar-refractivity contribution in [3.8, 4) is 5.75 Å². The fourth-order valence-corrected chi connectivity index (χ4v) is 2.74. The molecule has 118 valence electrons. The Balaban J connectivity index is 1.60. The van der Waals surface area contributed by atoms with Gasteiger partial charge in [-0.25, -0.2) is 0 Å². The summed E-state index contributed by atoms with van der Waals surface area (Å²) < 4.78 is 11.2. The van der Waals surface area contributed by atoms with Crippen LogP contribution in [0.15, 0.2) is 16.7 Å². The van der Waals surface area contributed by atoms with Crippen molar-refractivity contribution in [3.05, 3.63) is 40.5 Å². The van der Waals surface area contributed by atoms with Crippen LogP contribution in [0.1, 0.15) is 47.7 Å². The second-order valence-corrected chi connectivity index (χ2v) is 6.32. The molecule has 0 atom stereocenters. The molecule has 0 unspecified atom stereocenters. The minimum atomic E-state index is -0.368. The molecule has 0 amide bonds. The van der Waals surface area contributed by atoms with E-state index < -0.39 is 0 Å². The Bertz CT molecular complexity index is 675. The molecule has 0 bridgehead atoms.